The Morgan fingerprint density at radius 2 is 1.95 bits per heavy atom. The van der Waals surface area contributed by atoms with Gasteiger partial charge in [-0.1, -0.05) is 19.1 Å². The number of hydrogen-bond acceptors (Lipinski definition) is 3. The summed E-state index contributed by atoms with van der Waals surface area (Å²) in [4.78, 5) is 12.9. The summed E-state index contributed by atoms with van der Waals surface area (Å²) in [6.07, 6.45) is 0.935. The summed E-state index contributed by atoms with van der Waals surface area (Å²) < 4.78 is 5.39. The number of carboxylic acid groups (broad SMARTS) is 1. The molecule has 4 heteroatoms. The molecule has 1 aromatic carbocycles. The summed E-state index contributed by atoms with van der Waals surface area (Å²) in [5.41, 5.74) is 1.10. The third kappa shape index (κ3) is 5.30. The molecule has 1 atom stereocenters. The summed E-state index contributed by atoms with van der Waals surface area (Å²) in [6, 6.07) is 8.08. The van der Waals surface area contributed by atoms with Crippen LogP contribution in [0.3, 0.4) is 0 Å². The van der Waals surface area contributed by atoms with E-state index in [-0.39, 0.29) is 12.6 Å². The van der Waals surface area contributed by atoms with Crippen LogP contribution in [0.15, 0.2) is 24.3 Å². The van der Waals surface area contributed by atoms with E-state index in [1.807, 2.05) is 36.1 Å². The van der Waals surface area contributed by atoms with Crippen molar-refractivity contribution in [2.45, 2.75) is 39.8 Å². The van der Waals surface area contributed by atoms with Crippen LogP contribution in [0.1, 0.15) is 32.8 Å². The molecular formula is C15H23NO3. The molecule has 106 valence electrons. The molecule has 0 saturated heterocycles. The molecular weight excluding hydrogens is 242 g/mol. The molecule has 0 aliphatic carbocycles. The maximum absolute atomic E-state index is 10.9. The van der Waals surface area contributed by atoms with Gasteiger partial charge in [0.15, 0.2) is 0 Å². The second kappa shape index (κ2) is 7.79. The number of hydrogen-bond donors (Lipinski definition) is 1. The minimum absolute atomic E-state index is 0.0716. The standard InChI is InChI=1S/C15H23NO3/c1-4-12(3)16(11-15(17)18)10-13-6-8-14(9-7-13)19-5-2/h6-9,12H,4-5,10-11H2,1-3H3,(H,17,18). The van der Waals surface area contributed by atoms with Crippen molar-refractivity contribution in [3.05, 3.63) is 29.8 Å². The minimum Gasteiger partial charge on any atom is -0.494 e. The Labute approximate surface area is 115 Å². The fourth-order valence-electron chi connectivity index (χ4n) is 1.89. The van der Waals surface area contributed by atoms with Crippen LogP contribution in [-0.2, 0) is 11.3 Å². The van der Waals surface area contributed by atoms with Gasteiger partial charge >= 0.3 is 5.97 Å². The van der Waals surface area contributed by atoms with Crippen LogP contribution in [0, 0.1) is 0 Å². The average Bonchev–Trinajstić information content (AvgIpc) is 2.39. The molecule has 0 aliphatic rings. The fourth-order valence-corrected chi connectivity index (χ4v) is 1.89. The van der Waals surface area contributed by atoms with Gasteiger partial charge in [0.25, 0.3) is 0 Å². The maximum atomic E-state index is 10.9. The first-order chi connectivity index (χ1) is 9.06. The number of aliphatic carboxylic acids is 1. The quantitative estimate of drug-likeness (QED) is 0.785. The van der Waals surface area contributed by atoms with Crippen molar-refractivity contribution >= 4 is 5.97 Å². The SMILES string of the molecule is CCOc1ccc(CN(CC(=O)O)C(C)CC)cc1. The number of nitrogens with zero attached hydrogens (tertiary/aromatic N) is 1. The molecule has 0 aliphatic heterocycles. The molecule has 19 heavy (non-hydrogen) atoms. The van der Waals surface area contributed by atoms with Gasteiger partial charge in [0.1, 0.15) is 5.75 Å². The Kier molecular flexibility index (Phi) is 6.36. The van der Waals surface area contributed by atoms with Crippen LogP contribution < -0.4 is 4.74 Å². The van der Waals surface area contributed by atoms with Gasteiger partial charge in [0.05, 0.1) is 13.2 Å². The van der Waals surface area contributed by atoms with E-state index >= 15 is 0 Å². The molecule has 1 N–H and O–H groups in total. The van der Waals surface area contributed by atoms with E-state index in [0.29, 0.717) is 13.2 Å². The smallest absolute Gasteiger partial charge is 0.317 e. The molecule has 1 aromatic rings. The van der Waals surface area contributed by atoms with Gasteiger partial charge < -0.3 is 9.84 Å². The molecule has 0 radical (unpaired) electrons. The van der Waals surface area contributed by atoms with Crippen molar-refractivity contribution in [1.82, 2.24) is 4.90 Å². The highest BCUT2D eigenvalue weighted by Crippen LogP contribution is 2.15. The lowest BCUT2D eigenvalue weighted by molar-refractivity contribution is -0.139. The Hall–Kier alpha value is -1.55. The molecule has 0 bridgehead atoms. The fraction of sp³-hybridized carbons (Fsp3) is 0.533. The Bertz CT molecular complexity index is 389. The van der Waals surface area contributed by atoms with Gasteiger partial charge in [-0.3, -0.25) is 9.69 Å². The number of rotatable bonds is 8. The zero-order chi connectivity index (χ0) is 14.3. The minimum atomic E-state index is -0.786. The van der Waals surface area contributed by atoms with Crippen molar-refractivity contribution in [1.29, 1.82) is 0 Å². The number of ether oxygens (including phenoxy) is 1. The molecule has 0 spiro atoms. The highest BCUT2D eigenvalue weighted by atomic mass is 16.5. The van der Waals surface area contributed by atoms with Crippen LogP contribution in [0.4, 0.5) is 0 Å². The summed E-state index contributed by atoms with van der Waals surface area (Å²) in [6.45, 7) is 7.44. The third-order valence-corrected chi connectivity index (χ3v) is 3.17. The summed E-state index contributed by atoms with van der Waals surface area (Å²) in [5, 5.41) is 8.96. The molecule has 0 saturated carbocycles. The Morgan fingerprint density at radius 3 is 2.42 bits per heavy atom. The van der Waals surface area contributed by atoms with E-state index < -0.39 is 5.97 Å². The molecule has 0 aromatic heterocycles. The van der Waals surface area contributed by atoms with E-state index in [4.69, 9.17) is 9.84 Å². The molecule has 0 heterocycles. The van der Waals surface area contributed by atoms with Crippen molar-refractivity contribution in [2.24, 2.45) is 0 Å². The van der Waals surface area contributed by atoms with Crippen molar-refractivity contribution in [3.8, 4) is 5.75 Å². The Morgan fingerprint density at radius 1 is 1.32 bits per heavy atom. The van der Waals surface area contributed by atoms with E-state index in [1.54, 1.807) is 0 Å². The zero-order valence-corrected chi connectivity index (χ0v) is 11.9. The Balaban J connectivity index is 2.69. The molecule has 0 amide bonds. The van der Waals surface area contributed by atoms with Gasteiger partial charge in [0.2, 0.25) is 0 Å². The summed E-state index contributed by atoms with van der Waals surface area (Å²) >= 11 is 0. The van der Waals surface area contributed by atoms with Crippen molar-refractivity contribution < 1.29 is 14.6 Å². The maximum Gasteiger partial charge on any atom is 0.317 e. The molecule has 0 fully saturated rings. The average molecular weight is 265 g/mol. The zero-order valence-electron chi connectivity index (χ0n) is 11.9. The predicted molar refractivity (Wildman–Crippen MR) is 75.4 cm³/mol. The summed E-state index contributed by atoms with van der Waals surface area (Å²) in [5.74, 6) is 0.0609. The highest BCUT2D eigenvalue weighted by Gasteiger charge is 2.15. The molecule has 4 nitrogen and oxygen atoms in total. The van der Waals surface area contributed by atoms with Gasteiger partial charge in [-0.2, -0.15) is 0 Å². The first kappa shape index (κ1) is 15.5. The first-order valence-electron chi connectivity index (χ1n) is 6.74. The monoisotopic (exact) mass is 265 g/mol. The van der Waals surface area contributed by atoms with Crippen LogP contribution in [0.2, 0.25) is 0 Å². The largest absolute Gasteiger partial charge is 0.494 e. The third-order valence-electron chi connectivity index (χ3n) is 3.17. The van der Waals surface area contributed by atoms with E-state index in [9.17, 15) is 4.79 Å². The van der Waals surface area contributed by atoms with E-state index in [0.717, 1.165) is 17.7 Å². The van der Waals surface area contributed by atoms with Gasteiger partial charge in [-0.25, -0.2) is 0 Å². The van der Waals surface area contributed by atoms with E-state index in [1.165, 1.54) is 0 Å². The van der Waals surface area contributed by atoms with Crippen LogP contribution in [0.25, 0.3) is 0 Å². The number of carboxylic acids is 1. The lowest BCUT2D eigenvalue weighted by Gasteiger charge is -2.26. The summed E-state index contributed by atoms with van der Waals surface area (Å²) in [7, 11) is 0. The van der Waals surface area contributed by atoms with Gasteiger partial charge in [-0.15, -0.1) is 0 Å². The van der Waals surface area contributed by atoms with E-state index in [2.05, 4.69) is 13.8 Å². The second-order valence-electron chi connectivity index (χ2n) is 4.63. The second-order valence-corrected chi connectivity index (χ2v) is 4.63. The lowest BCUT2D eigenvalue weighted by Crippen LogP contribution is -2.36. The number of benzene rings is 1. The lowest BCUT2D eigenvalue weighted by atomic mass is 10.1. The highest BCUT2D eigenvalue weighted by molar-refractivity contribution is 5.69. The van der Waals surface area contributed by atoms with Crippen LogP contribution in [-0.4, -0.2) is 35.2 Å². The van der Waals surface area contributed by atoms with Crippen LogP contribution in [0.5, 0.6) is 5.75 Å². The molecule has 1 rings (SSSR count). The normalized spacial score (nSPS) is 12.4. The van der Waals surface area contributed by atoms with Crippen molar-refractivity contribution in [3.63, 3.8) is 0 Å². The van der Waals surface area contributed by atoms with Crippen molar-refractivity contribution in [2.75, 3.05) is 13.2 Å². The molecule has 1 unspecified atom stereocenters. The first-order valence-corrected chi connectivity index (χ1v) is 6.74. The topological polar surface area (TPSA) is 49.8 Å². The number of carbonyl (C=O) groups is 1. The van der Waals surface area contributed by atoms with Crippen LogP contribution >= 0.6 is 0 Å². The van der Waals surface area contributed by atoms with Gasteiger partial charge in [-0.05, 0) is 38.0 Å². The van der Waals surface area contributed by atoms with Gasteiger partial charge in [0, 0.05) is 12.6 Å². The predicted octanol–water partition coefficient (Wildman–Crippen LogP) is 2.77.